The smallest absolute Gasteiger partial charge is 0.282 e. The van der Waals surface area contributed by atoms with Crippen LogP contribution in [-0.2, 0) is 0 Å². The van der Waals surface area contributed by atoms with E-state index < -0.39 is 10.8 Å². The summed E-state index contributed by atoms with van der Waals surface area (Å²) in [7, 11) is 0. The number of amides is 1. The first-order chi connectivity index (χ1) is 7.10. The van der Waals surface area contributed by atoms with Crippen LogP contribution < -0.4 is 22.5 Å². The van der Waals surface area contributed by atoms with Crippen LogP contribution in [-0.4, -0.2) is 10.8 Å². The third-order valence-electron chi connectivity index (χ3n) is 1.74. The lowest BCUT2D eigenvalue weighted by Gasteiger charge is -2.04. The Labute approximate surface area is 84.3 Å². The number of carbonyl (C=O) groups is 1. The molecule has 0 aromatic heterocycles. The van der Waals surface area contributed by atoms with Crippen molar-refractivity contribution in [3.05, 3.63) is 33.9 Å². The van der Waals surface area contributed by atoms with E-state index in [0.717, 1.165) is 0 Å². The average molecular weight is 211 g/mol. The monoisotopic (exact) mass is 211 g/mol. The van der Waals surface area contributed by atoms with Gasteiger partial charge in [-0.25, -0.2) is 5.84 Å². The Bertz CT molecular complexity index is 406. The van der Waals surface area contributed by atoms with Crippen molar-refractivity contribution in [3.8, 4) is 0 Å². The molecule has 8 heteroatoms. The number of nitrogen functional groups attached to an aromatic ring is 2. The highest BCUT2D eigenvalue weighted by molar-refractivity contribution is 5.98. The maximum Gasteiger partial charge on any atom is 0.282 e. The van der Waals surface area contributed by atoms with Crippen molar-refractivity contribution in [1.82, 2.24) is 5.43 Å². The van der Waals surface area contributed by atoms with Gasteiger partial charge in [0.15, 0.2) is 0 Å². The Kier molecular flexibility index (Phi) is 3.16. The number of hydrazine groups is 2. The molecule has 1 aromatic rings. The molecule has 1 rings (SSSR count). The van der Waals surface area contributed by atoms with Gasteiger partial charge in [0.2, 0.25) is 0 Å². The molecule has 0 radical (unpaired) electrons. The predicted molar refractivity (Wildman–Crippen MR) is 52.6 cm³/mol. The van der Waals surface area contributed by atoms with E-state index in [4.69, 9.17) is 11.7 Å². The lowest BCUT2D eigenvalue weighted by Crippen LogP contribution is -2.30. The van der Waals surface area contributed by atoms with Gasteiger partial charge in [-0.3, -0.25) is 26.2 Å². The fourth-order valence-electron chi connectivity index (χ4n) is 1.04. The molecular formula is C7H9N5O3. The van der Waals surface area contributed by atoms with Crippen LogP contribution >= 0.6 is 0 Å². The second-order valence-corrected chi connectivity index (χ2v) is 2.61. The molecule has 15 heavy (non-hydrogen) atoms. The lowest BCUT2D eigenvalue weighted by atomic mass is 10.1. The summed E-state index contributed by atoms with van der Waals surface area (Å²) in [6.07, 6.45) is 0. The van der Waals surface area contributed by atoms with Gasteiger partial charge in [0.25, 0.3) is 11.6 Å². The van der Waals surface area contributed by atoms with Gasteiger partial charge < -0.3 is 5.43 Å². The van der Waals surface area contributed by atoms with Gasteiger partial charge in [-0.05, 0) is 12.1 Å². The maximum atomic E-state index is 11.2. The van der Waals surface area contributed by atoms with Crippen molar-refractivity contribution in [2.75, 3.05) is 5.43 Å². The molecular weight excluding hydrogens is 202 g/mol. The number of nitrogens with two attached hydrogens (primary N) is 2. The van der Waals surface area contributed by atoms with Gasteiger partial charge in [0.1, 0.15) is 5.56 Å². The Morgan fingerprint density at radius 2 is 2.07 bits per heavy atom. The largest absolute Gasteiger partial charge is 0.324 e. The van der Waals surface area contributed by atoms with Gasteiger partial charge in [-0.2, -0.15) is 0 Å². The molecule has 0 saturated heterocycles. The number of anilines is 1. The van der Waals surface area contributed by atoms with Crippen LogP contribution in [0.2, 0.25) is 0 Å². The zero-order valence-electron chi connectivity index (χ0n) is 7.56. The van der Waals surface area contributed by atoms with Crippen LogP contribution in [0.15, 0.2) is 18.2 Å². The molecule has 6 N–H and O–H groups in total. The Morgan fingerprint density at radius 3 is 2.53 bits per heavy atom. The van der Waals surface area contributed by atoms with Crippen LogP contribution in [0.25, 0.3) is 0 Å². The summed E-state index contributed by atoms with van der Waals surface area (Å²) < 4.78 is 0. The van der Waals surface area contributed by atoms with E-state index >= 15 is 0 Å². The molecule has 0 spiro atoms. The second-order valence-electron chi connectivity index (χ2n) is 2.61. The van der Waals surface area contributed by atoms with Crippen molar-refractivity contribution >= 4 is 17.3 Å². The summed E-state index contributed by atoms with van der Waals surface area (Å²) in [6.45, 7) is 0. The van der Waals surface area contributed by atoms with Crippen LogP contribution in [0, 0.1) is 10.1 Å². The quantitative estimate of drug-likeness (QED) is 0.230. The second kappa shape index (κ2) is 4.35. The first-order valence-corrected chi connectivity index (χ1v) is 3.86. The topological polar surface area (TPSA) is 136 Å². The molecule has 0 heterocycles. The van der Waals surface area contributed by atoms with Crippen LogP contribution in [0.1, 0.15) is 10.4 Å². The number of benzene rings is 1. The summed E-state index contributed by atoms with van der Waals surface area (Å²) in [5.41, 5.74) is 3.97. The van der Waals surface area contributed by atoms with Crippen molar-refractivity contribution in [3.63, 3.8) is 0 Å². The number of rotatable bonds is 3. The van der Waals surface area contributed by atoms with Crippen LogP contribution in [0.3, 0.4) is 0 Å². The Morgan fingerprint density at radius 1 is 1.40 bits per heavy atom. The van der Waals surface area contributed by atoms with E-state index in [1.165, 1.54) is 18.2 Å². The number of nitro groups is 1. The molecule has 0 aliphatic rings. The molecule has 1 aromatic carbocycles. The van der Waals surface area contributed by atoms with Crippen LogP contribution in [0.4, 0.5) is 11.4 Å². The molecule has 0 saturated carbocycles. The minimum absolute atomic E-state index is 0.155. The van der Waals surface area contributed by atoms with Crippen molar-refractivity contribution in [2.45, 2.75) is 0 Å². The molecule has 8 nitrogen and oxygen atoms in total. The summed E-state index contributed by atoms with van der Waals surface area (Å²) in [4.78, 5) is 21.1. The van der Waals surface area contributed by atoms with Crippen LogP contribution in [0.5, 0.6) is 0 Å². The highest BCUT2D eigenvalue weighted by atomic mass is 16.6. The molecule has 0 unspecified atom stereocenters. The first kappa shape index (κ1) is 10.9. The minimum Gasteiger partial charge on any atom is -0.324 e. The van der Waals surface area contributed by atoms with Crippen molar-refractivity contribution < 1.29 is 9.72 Å². The normalized spacial score (nSPS) is 9.47. The minimum atomic E-state index is -0.751. The van der Waals surface area contributed by atoms with E-state index in [1.54, 1.807) is 0 Å². The zero-order chi connectivity index (χ0) is 11.4. The summed E-state index contributed by atoms with van der Waals surface area (Å²) >= 11 is 0. The van der Waals surface area contributed by atoms with E-state index in [9.17, 15) is 14.9 Å². The molecule has 0 aliphatic heterocycles. The SMILES string of the molecule is NNC(=O)c1cc(NN)ccc1[N+](=O)[O-]. The molecule has 80 valence electrons. The predicted octanol–water partition coefficient (Wildman–Crippen LogP) is -0.516. The van der Waals surface area contributed by atoms with E-state index in [-0.39, 0.29) is 11.3 Å². The van der Waals surface area contributed by atoms with E-state index in [1.807, 2.05) is 5.43 Å². The summed E-state index contributed by atoms with van der Waals surface area (Å²) in [5, 5.41) is 10.6. The van der Waals surface area contributed by atoms with Crippen molar-refractivity contribution in [2.24, 2.45) is 11.7 Å². The summed E-state index contributed by atoms with van der Waals surface area (Å²) in [5.74, 6) is 9.24. The number of nitro benzene ring substituents is 1. The highest BCUT2D eigenvalue weighted by Crippen LogP contribution is 2.21. The Hall–Kier alpha value is -2.19. The fraction of sp³-hybridized carbons (Fsp3) is 0. The van der Waals surface area contributed by atoms with Crippen molar-refractivity contribution in [1.29, 1.82) is 0 Å². The first-order valence-electron chi connectivity index (χ1n) is 3.86. The number of carbonyl (C=O) groups excluding carboxylic acids is 1. The maximum absolute atomic E-state index is 11.2. The average Bonchev–Trinajstić information content (AvgIpc) is 2.26. The van der Waals surface area contributed by atoms with E-state index in [0.29, 0.717) is 5.69 Å². The molecule has 0 aliphatic carbocycles. The number of hydrogen-bond donors (Lipinski definition) is 4. The third kappa shape index (κ3) is 2.18. The summed E-state index contributed by atoms with van der Waals surface area (Å²) in [6, 6.07) is 3.78. The lowest BCUT2D eigenvalue weighted by molar-refractivity contribution is -0.385. The third-order valence-corrected chi connectivity index (χ3v) is 1.74. The standard InChI is InChI=1S/C7H9N5O3/c8-10-4-1-2-6(12(14)15)5(3-4)7(13)11-9/h1-3,10H,8-9H2,(H,11,13). The van der Waals surface area contributed by atoms with Gasteiger partial charge >= 0.3 is 0 Å². The molecule has 0 fully saturated rings. The van der Waals surface area contributed by atoms with Gasteiger partial charge in [0.05, 0.1) is 4.92 Å². The number of nitrogens with zero attached hydrogens (tertiary/aromatic N) is 1. The van der Waals surface area contributed by atoms with Gasteiger partial charge in [-0.1, -0.05) is 0 Å². The fourth-order valence-corrected chi connectivity index (χ4v) is 1.04. The van der Waals surface area contributed by atoms with Gasteiger partial charge in [0, 0.05) is 11.8 Å². The highest BCUT2D eigenvalue weighted by Gasteiger charge is 2.19. The molecule has 0 atom stereocenters. The molecule has 0 bridgehead atoms. The number of hydrogen-bond acceptors (Lipinski definition) is 6. The Balaban J connectivity index is 3.28. The van der Waals surface area contributed by atoms with Gasteiger partial charge in [-0.15, -0.1) is 0 Å². The number of nitrogens with one attached hydrogen (secondary N) is 2. The zero-order valence-corrected chi connectivity index (χ0v) is 7.56. The van der Waals surface area contributed by atoms with E-state index in [2.05, 4.69) is 5.43 Å². The molecule has 1 amide bonds.